The van der Waals surface area contributed by atoms with E-state index >= 15 is 0 Å². The number of pyridine rings is 1. The van der Waals surface area contributed by atoms with Crippen LogP contribution >= 0.6 is 0 Å². The van der Waals surface area contributed by atoms with Gasteiger partial charge in [0.15, 0.2) is 17.4 Å². The Bertz CT molecular complexity index is 1520. The second kappa shape index (κ2) is 16.9. The van der Waals surface area contributed by atoms with Crippen LogP contribution in [-0.2, 0) is 25.7 Å². The fourth-order valence-electron chi connectivity index (χ4n) is 5.19. The lowest BCUT2D eigenvalue weighted by Crippen LogP contribution is -2.49. The van der Waals surface area contributed by atoms with Crippen LogP contribution in [0.2, 0.25) is 0 Å². The lowest BCUT2D eigenvalue weighted by atomic mass is 10.1. The number of methoxy groups -OCH3 is 2. The molecule has 1 unspecified atom stereocenters. The Balaban J connectivity index is 1.30. The number of rotatable bonds is 17. The van der Waals surface area contributed by atoms with Gasteiger partial charge < -0.3 is 44.9 Å². The van der Waals surface area contributed by atoms with Gasteiger partial charge >= 0.3 is 5.97 Å². The Morgan fingerprint density at radius 2 is 1.85 bits per heavy atom. The average molecular weight is 648 g/mol. The molecule has 1 saturated heterocycles. The molecule has 2 heterocycles. The molecule has 2 amide bonds. The number of carboxylic acids is 1. The van der Waals surface area contributed by atoms with Crippen LogP contribution in [0.5, 0.6) is 11.5 Å². The first-order chi connectivity index (χ1) is 22.7. The van der Waals surface area contributed by atoms with Crippen LogP contribution in [0.25, 0.3) is 0 Å². The van der Waals surface area contributed by atoms with E-state index in [1.54, 1.807) is 19.2 Å². The van der Waals surface area contributed by atoms with Crippen LogP contribution in [0, 0.1) is 6.92 Å². The Kier molecular flexibility index (Phi) is 12.4. The van der Waals surface area contributed by atoms with Gasteiger partial charge in [0.2, 0.25) is 5.91 Å². The molecule has 0 spiro atoms. The summed E-state index contributed by atoms with van der Waals surface area (Å²) in [6.07, 6.45) is 1.97. The third kappa shape index (κ3) is 9.84. The van der Waals surface area contributed by atoms with Gasteiger partial charge in [-0.1, -0.05) is 36.4 Å². The number of aromatic nitrogens is 1. The van der Waals surface area contributed by atoms with Crippen LogP contribution in [0.3, 0.4) is 0 Å². The van der Waals surface area contributed by atoms with Gasteiger partial charge in [-0.05, 0) is 55.3 Å². The average Bonchev–Trinajstić information content (AvgIpc) is 3.50. The van der Waals surface area contributed by atoms with E-state index in [-0.39, 0.29) is 30.9 Å². The molecule has 1 aromatic heterocycles. The lowest BCUT2D eigenvalue weighted by Gasteiger charge is -2.28. The fourth-order valence-corrected chi connectivity index (χ4v) is 5.19. The first kappa shape index (κ1) is 34.6. The summed E-state index contributed by atoms with van der Waals surface area (Å²) in [7, 11) is 2.92. The number of nitrogens with one attached hydrogen (secondary N) is 3. The number of anilines is 1. The normalized spacial score (nSPS) is 16.1. The smallest absolute Gasteiger partial charge is 0.328 e. The van der Waals surface area contributed by atoms with Crippen LogP contribution in [0.4, 0.5) is 5.82 Å². The summed E-state index contributed by atoms with van der Waals surface area (Å²) in [6.45, 7) is 6.58. The number of hydrogen-bond acceptors (Lipinski definition) is 10. The molecule has 250 valence electrons. The van der Waals surface area contributed by atoms with Gasteiger partial charge in [0.1, 0.15) is 25.1 Å². The van der Waals surface area contributed by atoms with Gasteiger partial charge in [-0.2, -0.15) is 0 Å². The first-order valence-corrected chi connectivity index (χ1v) is 15.1. The van der Waals surface area contributed by atoms with Crippen LogP contribution in [0.1, 0.15) is 27.9 Å². The summed E-state index contributed by atoms with van der Waals surface area (Å²) in [6, 6.07) is 17.0. The number of carbonyl (C=O) groups is 3. The van der Waals surface area contributed by atoms with Crippen LogP contribution in [-0.4, -0.2) is 91.4 Å². The van der Waals surface area contributed by atoms with E-state index in [0.29, 0.717) is 49.1 Å². The minimum Gasteiger partial charge on any atom is -0.493 e. The molecule has 1 aliphatic rings. The molecular formula is C34H41N5O8. The number of likely N-dealkylation sites (tertiary alicyclic amines) is 1. The fraction of sp³-hybridized carbons (Fsp3) is 0.353. The van der Waals surface area contributed by atoms with E-state index in [9.17, 15) is 19.5 Å². The van der Waals surface area contributed by atoms with Crippen LogP contribution in [0.15, 0.2) is 79.3 Å². The largest absolute Gasteiger partial charge is 0.493 e. The third-order valence-corrected chi connectivity index (χ3v) is 7.61. The van der Waals surface area contributed by atoms with Gasteiger partial charge in [-0.3, -0.25) is 9.59 Å². The first-order valence-electron chi connectivity index (χ1n) is 15.1. The van der Waals surface area contributed by atoms with Gasteiger partial charge in [0.25, 0.3) is 5.91 Å². The molecule has 0 radical (unpaired) electrons. The molecule has 2 aromatic carbocycles. The molecule has 13 heteroatoms. The summed E-state index contributed by atoms with van der Waals surface area (Å²) < 4.78 is 22.5. The molecule has 4 rings (SSSR count). The molecule has 1 aliphatic heterocycles. The van der Waals surface area contributed by atoms with E-state index in [4.69, 9.17) is 18.9 Å². The number of benzene rings is 2. The zero-order valence-corrected chi connectivity index (χ0v) is 26.7. The summed E-state index contributed by atoms with van der Waals surface area (Å²) in [4.78, 5) is 43.8. The summed E-state index contributed by atoms with van der Waals surface area (Å²) in [5.74, 6) is -0.445. The summed E-state index contributed by atoms with van der Waals surface area (Å²) >= 11 is 0. The molecule has 13 nitrogen and oxygen atoms in total. The monoisotopic (exact) mass is 647 g/mol. The SMILES string of the molecule is C=C(OCc1ccccc1)N1C[C@H](OCC(=O)NCC(NC(=O)c2cc(C)c(OC)c(OC)c2)C(=O)O)C[C@H]1CNc1ccccn1. The van der Waals surface area contributed by atoms with Crippen molar-refractivity contribution in [2.75, 3.05) is 45.8 Å². The predicted octanol–water partition coefficient (Wildman–Crippen LogP) is 2.97. The highest BCUT2D eigenvalue weighted by atomic mass is 16.5. The second-order valence-corrected chi connectivity index (χ2v) is 10.9. The Labute approximate surface area is 273 Å². The van der Waals surface area contributed by atoms with Crippen molar-refractivity contribution < 1.29 is 38.4 Å². The number of aliphatic carboxylic acids is 1. The zero-order valence-electron chi connectivity index (χ0n) is 26.7. The van der Waals surface area contributed by atoms with E-state index in [0.717, 1.165) is 11.4 Å². The highest BCUT2D eigenvalue weighted by molar-refractivity contribution is 5.97. The van der Waals surface area contributed by atoms with Gasteiger partial charge in [0.05, 0.1) is 26.4 Å². The highest BCUT2D eigenvalue weighted by Gasteiger charge is 2.34. The number of nitrogens with zero attached hydrogens (tertiary/aromatic N) is 2. The Morgan fingerprint density at radius 1 is 1.09 bits per heavy atom. The van der Waals surface area contributed by atoms with Crippen LogP contribution < -0.4 is 25.4 Å². The van der Waals surface area contributed by atoms with E-state index < -0.39 is 23.8 Å². The van der Waals surface area contributed by atoms with Crippen molar-refractivity contribution in [3.05, 3.63) is 96.0 Å². The van der Waals surface area contributed by atoms with Crippen molar-refractivity contribution in [2.24, 2.45) is 0 Å². The van der Waals surface area contributed by atoms with E-state index in [2.05, 4.69) is 27.5 Å². The maximum absolute atomic E-state index is 12.9. The quantitative estimate of drug-likeness (QED) is 0.160. The third-order valence-electron chi connectivity index (χ3n) is 7.61. The lowest BCUT2D eigenvalue weighted by molar-refractivity contribution is -0.139. The highest BCUT2D eigenvalue weighted by Crippen LogP contribution is 2.32. The molecule has 0 bridgehead atoms. The van der Waals surface area contributed by atoms with Crippen molar-refractivity contribution in [1.29, 1.82) is 0 Å². The minimum atomic E-state index is -1.38. The topological polar surface area (TPSA) is 161 Å². The number of amides is 2. The van der Waals surface area contributed by atoms with Gasteiger partial charge in [-0.15, -0.1) is 0 Å². The predicted molar refractivity (Wildman–Crippen MR) is 174 cm³/mol. The molecule has 3 atom stereocenters. The van der Waals surface area contributed by atoms with Gasteiger partial charge in [0, 0.05) is 31.4 Å². The maximum Gasteiger partial charge on any atom is 0.328 e. The number of aryl methyl sites for hydroxylation is 1. The van der Waals surface area contributed by atoms with Crippen molar-refractivity contribution in [3.8, 4) is 11.5 Å². The minimum absolute atomic E-state index is 0.0554. The zero-order chi connectivity index (χ0) is 33.8. The molecular weight excluding hydrogens is 606 g/mol. The number of ether oxygens (including phenoxy) is 4. The molecule has 4 N–H and O–H groups in total. The Hall–Kier alpha value is -5.30. The Morgan fingerprint density at radius 3 is 2.53 bits per heavy atom. The summed E-state index contributed by atoms with van der Waals surface area (Å²) in [5.41, 5.74) is 1.84. The van der Waals surface area contributed by atoms with Crippen molar-refractivity contribution >= 4 is 23.6 Å². The van der Waals surface area contributed by atoms with Crippen molar-refractivity contribution in [2.45, 2.75) is 38.1 Å². The number of hydrogen-bond donors (Lipinski definition) is 4. The number of carbonyl (C=O) groups excluding carboxylic acids is 2. The van der Waals surface area contributed by atoms with E-state index in [1.165, 1.54) is 20.3 Å². The molecule has 3 aromatic rings. The molecule has 1 fully saturated rings. The molecule has 0 saturated carbocycles. The standard InChI is InChI=1S/C34H41N5O8/c1-22-14-25(15-29(44-3)32(22)45-4)33(41)38-28(34(42)43)18-37-31(40)21-47-27-16-26(17-36-30-12-8-9-13-35-30)39(19-27)23(2)46-20-24-10-6-5-7-11-24/h5-15,26-28H,2,16-21H2,1,3-4H3,(H,35,36)(H,37,40)(H,38,41)(H,42,43)/t26-,27+,28?/m0/s1. The number of carboxylic acid groups (broad SMARTS) is 1. The summed E-state index contributed by atoms with van der Waals surface area (Å²) in [5, 5.41) is 18.0. The van der Waals surface area contributed by atoms with Crippen molar-refractivity contribution in [3.63, 3.8) is 0 Å². The van der Waals surface area contributed by atoms with Crippen molar-refractivity contribution in [1.82, 2.24) is 20.5 Å². The van der Waals surface area contributed by atoms with Gasteiger partial charge in [-0.25, -0.2) is 9.78 Å². The van der Waals surface area contributed by atoms with E-state index in [1.807, 2.05) is 53.4 Å². The maximum atomic E-state index is 12.9. The molecule has 47 heavy (non-hydrogen) atoms. The second-order valence-electron chi connectivity index (χ2n) is 10.9. The molecule has 0 aliphatic carbocycles.